The summed E-state index contributed by atoms with van der Waals surface area (Å²) in [7, 11) is 0. The topological polar surface area (TPSA) is 70.2 Å². The first kappa shape index (κ1) is 13.0. The highest BCUT2D eigenvalue weighted by Crippen LogP contribution is 2.16. The zero-order chi connectivity index (χ0) is 14.0. The summed E-state index contributed by atoms with van der Waals surface area (Å²) < 4.78 is 13.0. The maximum atomic E-state index is 13.0. The van der Waals surface area contributed by atoms with E-state index >= 15 is 0 Å². The van der Waals surface area contributed by atoms with Crippen LogP contribution in [0.1, 0.15) is 32.0 Å². The van der Waals surface area contributed by atoms with E-state index in [2.05, 4.69) is 4.98 Å². The minimum absolute atomic E-state index is 0.00240. The van der Waals surface area contributed by atoms with Crippen LogP contribution in [0.15, 0.2) is 30.5 Å². The maximum Gasteiger partial charge on any atom is 0.352 e. The Morgan fingerprint density at radius 2 is 2.11 bits per heavy atom. The Bertz CT molecular complexity index is 646. The smallest absolute Gasteiger partial charge is 0.352 e. The van der Waals surface area contributed by atoms with Crippen molar-refractivity contribution in [3.63, 3.8) is 0 Å². The van der Waals surface area contributed by atoms with Gasteiger partial charge in [-0.3, -0.25) is 4.79 Å². The number of Topliss-reactive ketones (excluding diaryl/α,β-unsaturated/α-hetero) is 1. The number of ketones is 1. The van der Waals surface area contributed by atoms with E-state index in [-0.39, 0.29) is 17.9 Å². The second-order valence-electron chi connectivity index (χ2n) is 4.24. The van der Waals surface area contributed by atoms with Crippen molar-refractivity contribution in [2.75, 3.05) is 0 Å². The van der Waals surface area contributed by atoms with E-state index in [0.29, 0.717) is 16.7 Å². The van der Waals surface area contributed by atoms with Crippen molar-refractivity contribution >= 4 is 11.8 Å². The molecule has 4 nitrogen and oxygen atoms in total. The van der Waals surface area contributed by atoms with E-state index in [0.717, 1.165) is 0 Å². The van der Waals surface area contributed by atoms with Crippen LogP contribution in [0.5, 0.6) is 0 Å². The maximum absolute atomic E-state index is 13.0. The number of aromatic nitrogens is 1. The predicted molar refractivity (Wildman–Crippen MR) is 66.9 cm³/mol. The lowest BCUT2D eigenvalue weighted by molar-refractivity contribution is 0.0690. The van der Waals surface area contributed by atoms with E-state index in [1.165, 1.54) is 24.4 Å². The van der Waals surface area contributed by atoms with Crippen LogP contribution in [0.3, 0.4) is 0 Å². The number of H-pyrrole nitrogens is 1. The van der Waals surface area contributed by atoms with Gasteiger partial charge in [0.15, 0.2) is 5.78 Å². The fourth-order valence-corrected chi connectivity index (χ4v) is 1.93. The molecule has 0 aliphatic heterocycles. The van der Waals surface area contributed by atoms with Crippen molar-refractivity contribution in [1.29, 1.82) is 0 Å². The van der Waals surface area contributed by atoms with Crippen LogP contribution >= 0.6 is 0 Å². The monoisotopic (exact) mass is 261 g/mol. The Morgan fingerprint density at radius 3 is 2.68 bits per heavy atom. The van der Waals surface area contributed by atoms with Gasteiger partial charge in [-0.2, -0.15) is 0 Å². The van der Waals surface area contributed by atoms with Gasteiger partial charge >= 0.3 is 5.97 Å². The first-order chi connectivity index (χ1) is 8.99. The Balaban J connectivity index is 2.23. The molecule has 0 bridgehead atoms. The van der Waals surface area contributed by atoms with Crippen LogP contribution in [0, 0.1) is 12.7 Å². The summed E-state index contributed by atoms with van der Waals surface area (Å²) in [6, 6.07) is 5.78. The molecule has 0 radical (unpaired) electrons. The second kappa shape index (κ2) is 5.06. The Hall–Kier alpha value is -2.43. The van der Waals surface area contributed by atoms with Gasteiger partial charge in [-0.15, -0.1) is 0 Å². The van der Waals surface area contributed by atoms with Crippen molar-refractivity contribution in [2.45, 2.75) is 13.3 Å². The number of halogens is 1. The van der Waals surface area contributed by atoms with E-state index in [1.807, 2.05) is 0 Å². The molecule has 0 unspecified atom stereocenters. The number of carbonyl (C=O) groups excluding carboxylic acids is 1. The molecule has 0 saturated carbocycles. The molecule has 19 heavy (non-hydrogen) atoms. The number of aromatic carboxylic acids is 1. The van der Waals surface area contributed by atoms with Gasteiger partial charge in [0.1, 0.15) is 11.5 Å². The number of carbonyl (C=O) groups is 2. The SMILES string of the molecule is Cc1c(C(=O)Cc2cccc(F)c2)c[nH]c1C(=O)O. The van der Waals surface area contributed by atoms with E-state index in [1.54, 1.807) is 13.0 Å². The zero-order valence-electron chi connectivity index (χ0n) is 10.2. The van der Waals surface area contributed by atoms with Crippen LogP contribution < -0.4 is 0 Å². The minimum Gasteiger partial charge on any atom is -0.477 e. The Labute approximate surface area is 108 Å². The molecular weight excluding hydrogens is 249 g/mol. The first-order valence-corrected chi connectivity index (χ1v) is 5.68. The fourth-order valence-electron chi connectivity index (χ4n) is 1.93. The lowest BCUT2D eigenvalue weighted by Gasteiger charge is -2.01. The summed E-state index contributed by atoms with van der Waals surface area (Å²) in [4.78, 5) is 25.5. The van der Waals surface area contributed by atoms with E-state index < -0.39 is 11.8 Å². The summed E-state index contributed by atoms with van der Waals surface area (Å²) in [6.07, 6.45) is 1.41. The van der Waals surface area contributed by atoms with Crippen LogP contribution in [0.2, 0.25) is 0 Å². The third-order valence-electron chi connectivity index (χ3n) is 2.91. The lowest BCUT2D eigenvalue weighted by atomic mass is 10.0. The number of nitrogens with one attached hydrogen (secondary N) is 1. The van der Waals surface area contributed by atoms with Crippen LogP contribution in [0.4, 0.5) is 4.39 Å². The number of carboxylic acids is 1. The number of aromatic amines is 1. The molecule has 0 fully saturated rings. The van der Waals surface area contributed by atoms with Gasteiger partial charge in [-0.1, -0.05) is 12.1 Å². The van der Waals surface area contributed by atoms with Crippen molar-refractivity contribution in [2.24, 2.45) is 0 Å². The van der Waals surface area contributed by atoms with Gasteiger partial charge < -0.3 is 10.1 Å². The van der Waals surface area contributed by atoms with Crippen molar-refractivity contribution in [1.82, 2.24) is 4.98 Å². The quantitative estimate of drug-likeness (QED) is 0.831. The number of benzene rings is 1. The predicted octanol–water partition coefficient (Wildman–Crippen LogP) is 2.59. The molecule has 5 heteroatoms. The summed E-state index contributed by atoms with van der Waals surface area (Å²) >= 11 is 0. The molecule has 2 N–H and O–H groups in total. The lowest BCUT2D eigenvalue weighted by Crippen LogP contribution is -2.05. The highest BCUT2D eigenvalue weighted by atomic mass is 19.1. The molecule has 98 valence electrons. The number of hydrogen-bond acceptors (Lipinski definition) is 2. The van der Waals surface area contributed by atoms with Gasteiger partial charge in [-0.25, -0.2) is 9.18 Å². The third kappa shape index (κ3) is 2.70. The molecule has 0 aliphatic rings. The Kier molecular flexibility index (Phi) is 3.46. The first-order valence-electron chi connectivity index (χ1n) is 5.68. The summed E-state index contributed by atoms with van der Waals surface area (Å²) in [5.41, 5.74) is 1.28. The molecule has 1 aromatic carbocycles. The van der Waals surface area contributed by atoms with Gasteiger partial charge in [-0.05, 0) is 30.2 Å². The largest absolute Gasteiger partial charge is 0.477 e. The average molecular weight is 261 g/mol. The number of rotatable bonds is 4. The molecule has 2 aromatic rings. The van der Waals surface area contributed by atoms with E-state index in [9.17, 15) is 14.0 Å². The van der Waals surface area contributed by atoms with Crippen molar-refractivity contribution < 1.29 is 19.1 Å². The summed E-state index contributed by atoms with van der Waals surface area (Å²) in [6.45, 7) is 1.57. The molecule has 0 saturated heterocycles. The Morgan fingerprint density at radius 1 is 1.37 bits per heavy atom. The molecule has 2 rings (SSSR count). The fraction of sp³-hybridized carbons (Fsp3) is 0.143. The van der Waals surface area contributed by atoms with Crippen LogP contribution in [-0.2, 0) is 6.42 Å². The van der Waals surface area contributed by atoms with Gasteiger partial charge in [0.05, 0.1) is 0 Å². The standard InChI is InChI=1S/C14H12FNO3/c1-8-11(7-16-13(8)14(18)19)12(17)6-9-3-2-4-10(15)5-9/h2-5,7,16H,6H2,1H3,(H,18,19). The van der Waals surface area contributed by atoms with Crippen LogP contribution in [-0.4, -0.2) is 21.8 Å². The molecular formula is C14H12FNO3. The minimum atomic E-state index is -1.11. The average Bonchev–Trinajstić information content (AvgIpc) is 2.71. The van der Waals surface area contributed by atoms with Gasteiger partial charge in [0, 0.05) is 18.2 Å². The normalized spacial score (nSPS) is 10.4. The van der Waals surface area contributed by atoms with Crippen LogP contribution in [0.25, 0.3) is 0 Å². The van der Waals surface area contributed by atoms with Crippen molar-refractivity contribution in [3.8, 4) is 0 Å². The second-order valence-corrected chi connectivity index (χ2v) is 4.24. The highest BCUT2D eigenvalue weighted by molar-refractivity contribution is 6.01. The molecule has 0 amide bonds. The van der Waals surface area contributed by atoms with Gasteiger partial charge in [0.2, 0.25) is 0 Å². The zero-order valence-corrected chi connectivity index (χ0v) is 10.2. The van der Waals surface area contributed by atoms with E-state index in [4.69, 9.17) is 5.11 Å². The molecule has 0 aliphatic carbocycles. The molecule has 1 heterocycles. The number of hydrogen-bond donors (Lipinski definition) is 2. The van der Waals surface area contributed by atoms with Crippen molar-refractivity contribution in [3.05, 3.63) is 58.7 Å². The molecule has 0 atom stereocenters. The molecule has 1 aromatic heterocycles. The summed E-state index contributed by atoms with van der Waals surface area (Å²) in [5, 5.41) is 8.89. The highest BCUT2D eigenvalue weighted by Gasteiger charge is 2.18. The van der Waals surface area contributed by atoms with Gasteiger partial charge in [0.25, 0.3) is 0 Å². The summed E-state index contributed by atoms with van der Waals surface area (Å²) in [5.74, 6) is -1.75. The molecule has 0 spiro atoms. The number of carboxylic acid groups (broad SMARTS) is 1. The third-order valence-corrected chi connectivity index (χ3v) is 2.91.